The molecule has 3 rings (SSSR count). The van der Waals surface area contributed by atoms with Crippen molar-refractivity contribution in [1.82, 2.24) is 9.62 Å². The lowest BCUT2D eigenvalue weighted by Crippen LogP contribution is -2.40. The van der Waals surface area contributed by atoms with Crippen molar-refractivity contribution in [2.45, 2.75) is 61.9 Å². The van der Waals surface area contributed by atoms with E-state index in [0.717, 1.165) is 38.5 Å². The smallest absolute Gasteiger partial charge is 0.338 e. The van der Waals surface area contributed by atoms with Crippen LogP contribution in [0, 0.1) is 0 Å². The van der Waals surface area contributed by atoms with Crippen LogP contribution in [0.1, 0.15) is 55.3 Å². The molecule has 0 heterocycles. The highest BCUT2D eigenvalue weighted by atomic mass is 32.2. The quantitative estimate of drug-likeness (QED) is 0.641. The van der Waals surface area contributed by atoms with E-state index in [4.69, 9.17) is 9.47 Å². The van der Waals surface area contributed by atoms with Gasteiger partial charge in [-0.1, -0.05) is 19.3 Å². The Morgan fingerprint density at radius 1 is 1.14 bits per heavy atom. The molecule has 1 amide bonds. The van der Waals surface area contributed by atoms with Crippen molar-refractivity contribution in [2.75, 3.05) is 20.8 Å². The molecule has 2 aliphatic rings. The van der Waals surface area contributed by atoms with Crippen LogP contribution in [0.15, 0.2) is 23.1 Å². The van der Waals surface area contributed by atoms with E-state index in [2.05, 4.69) is 4.72 Å². The summed E-state index contributed by atoms with van der Waals surface area (Å²) in [5, 5.41) is 0. The average Bonchev–Trinajstić information content (AvgIpc) is 3.54. The van der Waals surface area contributed by atoms with Gasteiger partial charge >= 0.3 is 5.97 Å². The lowest BCUT2D eigenvalue weighted by Gasteiger charge is -2.31. The van der Waals surface area contributed by atoms with E-state index in [9.17, 15) is 18.0 Å². The topological polar surface area (TPSA) is 102 Å². The Morgan fingerprint density at radius 2 is 1.83 bits per heavy atom. The number of carbonyl (C=O) groups excluding carboxylic acids is 2. The van der Waals surface area contributed by atoms with E-state index < -0.39 is 16.0 Å². The minimum absolute atomic E-state index is 0.0510. The number of benzene rings is 1. The zero-order valence-corrected chi connectivity index (χ0v) is 17.7. The molecular formula is C20H28N2O6S. The van der Waals surface area contributed by atoms with Gasteiger partial charge in [0.05, 0.1) is 12.7 Å². The highest BCUT2D eigenvalue weighted by Crippen LogP contribution is 2.28. The van der Waals surface area contributed by atoms with Gasteiger partial charge in [0.2, 0.25) is 10.0 Å². The summed E-state index contributed by atoms with van der Waals surface area (Å²) in [6.45, 7) is -0.375. The summed E-state index contributed by atoms with van der Waals surface area (Å²) < 4.78 is 38.0. The molecule has 0 atom stereocenters. The van der Waals surface area contributed by atoms with Gasteiger partial charge in [-0.05, 0) is 43.9 Å². The van der Waals surface area contributed by atoms with Crippen LogP contribution in [-0.4, -0.2) is 58.0 Å². The minimum atomic E-state index is -3.81. The number of methoxy groups -OCH3 is 1. The summed E-state index contributed by atoms with van der Waals surface area (Å²) in [5.41, 5.74) is 0.0510. The predicted octanol–water partition coefficient (Wildman–Crippen LogP) is 2.08. The highest BCUT2D eigenvalue weighted by Gasteiger charge is 2.30. The van der Waals surface area contributed by atoms with Crippen molar-refractivity contribution in [3.8, 4) is 5.75 Å². The zero-order chi connectivity index (χ0) is 21.0. The lowest BCUT2D eigenvalue weighted by molar-refractivity contribution is -0.135. The first kappa shape index (κ1) is 21.6. The number of hydrogen-bond acceptors (Lipinski definition) is 6. The number of hydrogen-bond donors (Lipinski definition) is 1. The van der Waals surface area contributed by atoms with E-state index >= 15 is 0 Å². The number of nitrogens with one attached hydrogen (secondary N) is 1. The van der Waals surface area contributed by atoms with E-state index in [0.29, 0.717) is 0 Å². The maximum absolute atomic E-state index is 12.6. The van der Waals surface area contributed by atoms with E-state index in [1.165, 1.54) is 31.7 Å². The Morgan fingerprint density at radius 3 is 2.45 bits per heavy atom. The van der Waals surface area contributed by atoms with Crippen LogP contribution >= 0.6 is 0 Å². The summed E-state index contributed by atoms with van der Waals surface area (Å²) in [4.78, 5) is 26.3. The Kier molecular flexibility index (Phi) is 6.79. The number of carbonyl (C=O) groups is 2. The van der Waals surface area contributed by atoms with Crippen molar-refractivity contribution < 1.29 is 27.5 Å². The fraction of sp³-hybridized carbons (Fsp3) is 0.600. The molecule has 1 aromatic carbocycles. The summed E-state index contributed by atoms with van der Waals surface area (Å²) in [5.74, 6) is -0.870. The summed E-state index contributed by atoms with van der Waals surface area (Å²) >= 11 is 0. The first-order chi connectivity index (χ1) is 13.8. The number of rotatable bonds is 8. The van der Waals surface area contributed by atoms with Gasteiger partial charge in [0, 0.05) is 19.1 Å². The zero-order valence-electron chi connectivity index (χ0n) is 16.8. The first-order valence-electron chi connectivity index (χ1n) is 9.95. The summed E-state index contributed by atoms with van der Waals surface area (Å²) in [7, 11) is -0.719. The fourth-order valence-corrected chi connectivity index (χ4v) is 4.98. The normalized spacial score (nSPS) is 17.6. The van der Waals surface area contributed by atoms with Crippen molar-refractivity contribution in [3.05, 3.63) is 23.8 Å². The molecule has 0 spiro atoms. The maximum Gasteiger partial charge on any atom is 0.338 e. The van der Waals surface area contributed by atoms with E-state index in [1.807, 2.05) is 0 Å². The third-order valence-corrected chi connectivity index (χ3v) is 6.97. The van der Waals surface area contributed by atoms with Crippen LogP contribution in [0.2, 0.25) is 0 Å². The Hall–Kier alpha value is -2.13. The Bertz CT molecular complexity index is 860. The molecule has 0 aliphatic heterocycles. The lowest BCUT2D eigenvalue weighted by atomic mass is 9.94. The van der Waals surface area contributed by atoms with E-state index in [-0.39, 0.29) is 40.8 Å². The number of ether oxygens (including phenoxy) is 2. The second-order valence-electron chi connectivity index (χ2n) is 7.63. The van der Waals surface area contributed by atoms with Crippen LogP contribution in [0.5, 0.6) is 5.75 Å². The van der Waals surface area contributed by atoms with Crippen LogP contribution in [0.3, 0.4) is 0 Å². The molecule has 9 heteroatoms. The molecule has 2 aliphatic carbocycles. The standard InChI is InChI=1S/C20H28N2O6S/c1-22(16-6-4-3-5-7-16)19(23)13-28-20(24)14-8-11-17(27-2)18(12-14)29(25,26)21-15-9-10-15/h8,11-12,15-16,21H,3-7,9-10,13H2,1-2H3. The number of amides is 1. The van der Waals surface area contributed by atoms with Crippen molar-refractivity contribution in [3.63, 3.8) is 0 Å². The van der Waals surface area contributed by atoms with Crippen LogP contribution in [0.4, 0.5) is 0 Å². The van der Waals surface area contributed by atoms with Gasteiger partial charge in [-0.2, -0.15) is 0 Å². The van der Waals surface area contributed by atoms with Crippen LogP contribution in [0.25, 0.3) is 0 Å². The number of esters is 1. The largest absolute Gasteiger partial charge is 0.495 e. The van der Waals surface area contributed by atoms with Gasteiger partial charge in [0.25, 0.3) is 5.91 Å². The van der Waals surface area contributed by atoms with Gasteiger partial charge in [-0.25, -0.2) is 17.9 Å². The molecule has 160 valence electrons. The van der Waals surface area contributed by atoms with Crippen molar-refractivity contribution in [2.24, 2.45) is 0 Å². The van der Waals surface area contributed by atoms with Crippen molar-refractivity contribution in [1.29, 1.82) is 0 Å². The third kappa shape index (κ3) is 5.48. The molecule has 0 bridgehead atoms. The Balaban J connectivity index is 1.65. The van der Waals surface area contributed by atoms with Gasteiger partial charge < -0.3 is 14.4 Å². The molecule has 8 nitrogen and oxygen atoms in total. The number of sulfonamides is 1. The molecule has 0 saturated heterocycles. The summed E-state index contributed by atoms with van der Waals surface area (Å²) in [6, 6.07) is 4.16. The SMILES string of the molecule is COc1ccc(C(=O)OCC(=O)N(C)C2CCCCC2)cc1S(=O)(=O)NC1CC1. The fourth-order valence-electron chi connectivity index (χ4n) is 3.48. The highest BCUT2D eigenvalue weighted by molar-refractivity contribution is 7.89. The Labute approximate surface area is 171 Å². The molecular weight excluding hydrogens is 396 g/mol. The molecule has 2 fully saturated rings. The van der Waals surface area contributed by atoms with Gasteiger partial charge in [-0.15, -0.1) is 0 Å². The first-order valence-corrected chi connectivity index (χ1v) is 11.4. The van der Waals surface area contributed by atoms with E-state index in [1.54, 1.807) is 11.9 Å². The maximum atomic E-state index is 12.6. The molecule has 29 heavy (non-hydrogen) atoms. The van der Waals surface area contributed by atoms with Crippen LogP contribution < -0.4 is 9.46 Å². The summed E-state index contributed by atoms with van der Waals surface area (Å²) in [6.07, 6.45) is 6.89. The molecule has 1 N–H and O–H groups in total. The molecule has 1 aromatic rings. The van der Waals surface area contributed by atoms with Gasteiger partial charge in [0.1, 0.15) is 10.6 Å². The third-order valence-electron chi connectivity index (χ3n) is 5.43. The predicted molar refractivity (Wildman–Crippen MR) is 106 cm³/mol. The second kappa shape index (κ2) is 9.13. The monoisotopic (exact) mass is 424 g/mol. The second-order valence-corrected chi connectivity index (χ2v) is 9.32. The molecule has 2 saturated carbocycles. The molecule has 0 unspecified atom stereocenters. The van der Waals surface area contributed by atoms with Gasteiger partial charge in [-0.3, -0.25) is 4.79 Å². The molecule has 0 radical (unpaired) electrons. The van der Waals surface area contributed by atoms with Gasteiger partial charge in [0.15, 0.2) is 6.61 Å². The van der Waals surface area contributed by atoms with Crippen molar-refractivity contribution >= 4 is 21.9 Å². The minimum Gasteiger partial charge on any atom is -0.495 e. The van der Waals surface area contributed by atoms with Crippen LogP contribution in [-0.2, 0) is 19.6 Å². The number of nitrogens with zero attached hydrogens (tertiary/aromatic N) is 1. The number of likely N-dealkylation sites (N-methyl/N-ethyl adjacent to an activating group) is 1. The molecule has 0 aromatic heterocycles. The average molecular weight is 425 g/mol.